The van der Waals surface area contributed by atoms with Crippen LogP contribution in [0.1, 0.15) is 0 Å². The molecule has 0 radical (unpaired) electrons. The minimum atomic E-state index is 0.492. The van der Waals surface area contributed by atoms with E-state index in [1.165, 1.54) is 0 Å². The van der Waals surface area contributed by atoms with Crippen molar-refractivity contribution in [1.82, 2.24) is 5.32 Å². The Hall–Kier alpha value is -0.940. The van der Waals surface area contributed by atoms with E-state index in [2.05, 4.69) is 5.32 Å². The maximum atomic E-state index is 8.46. The van der Waals surface area contributed by atoms with Crippen LogP contribution in [0.15, 0.2) is 23.4 Å². The van der Waals surface area contributed by atoms with Gasteiger partial charge in [-0.3, -0.25) is 0 Å². The molecule has 3 heteroatoms. The lowest BCUT2D eigenvalue weighted by Crippen LogP contribution is -2.15. The highest BCUT2D eigenvalue weighted by molar-refractivity contribution is 6.19. The molecule has 0 aromatic carbocycles. The molecule has 2 nitrogen and oxygen atoms in total. The maximum absolute atomic E-state index is 8.46. The molecule has 0 spiro atoms. The summed E-state index contributed by atoms with van der Waals surface area (Å²) in [6, 6.07) is 2.03. The summed E-state index contributed by atoms with van der Waals surface area (Å²) in [6.07, 6.45) is 3.50. The van der Waals surface area contributed by atoms with Gasteiger partial charge in [0, 0.05) is 18.6 Å². The molecule has 0 fully saturated rings. The van der Waals surface area contributed by atoms with Crippen LogP contribution in [0.5, 0.6) is 0 Å². The van der Waals surface area contributed by atoms with Gasteiger partial charge in [0.2, 0.25) is 0 Å². The van der Waals surface area contributed by atoms with Crippen LogP contribution < -0.4 is 5.32 Å². The lowest BCUT2D eigenvalue weighted by atomic mass is 10.1. The van der Waals surface area contributed by atoms with Gasteiger partial charge in [0.15, 0.2) is 0 Å². The number of hydrogen-bond acceptors (Lipinski definition) is 2. The van der Waals surface area contributed by atoms with Crippen molar-refractivity contribution in [3.05, 3.63) is 23.4 Å². The highest BCUT2D eigenvalue weighted by atomic mass is 35.5. The molecule has 0 saturated heterocycles. The van der Waals surface area contributed by atoms with E-state index >= 15 is 0 Å². The minimum absolute atomic E-state index is 0.492. The minimum Gasteiger partial charge on any atom is -0.386 e. The molecular weight excluding hydrogens is 148 g/mol. The van der Waals surface area contributed by atoms with E-state index in [0.717, 1.165) is 12.1 Å². The molecular formula is C7H7ClN2. The summed E-state index contributed by atoms with van der Waals surface area (Å²) in [5.41, 5.74) is 1.70. The van der Waals surface area contributed by atoms with E-state index in [0.29, 0.717) is 11.5 Å². The van der Waals surface area contributed by atoms with Crippen LogP contribution in [0.3, 0.4) is 0 Å². The average molecular weight is 155 g/mol. The lowest BCUT2D eigenvalue weighted by molar-refractivity contribution is 0.914. The Kier molecular flexibility index (Phi) is 2.35. The Morgan fingerprint density at radius 3 is 3.20 bits per heavy atom. The summed E-state index contributed by atoms with van der Waals surface area (Å²) in [5.74, 6) is 0.492. The second-order valence-corrected chi connectivity index (χ2v) is 2.30. The fourth-order valence-electron chi connectivity index (χ4n) is 0.755. The molecule has 1 rings (SSSR count). The fourth-order valence-corrected chi connectivity index (χ4v) is 0.927. The Morgan fingerprint density at radius 2 is 2.60 bits per heavy atom. The van der Waals surface area contributed by atoms with Gasteiger partial charge in [0.1, 0.15) is 6.07 Å². The molecule has 10 heavy (non-hydrogen) atoms. The number of nitrogens with zero attached hydrogens (tertiary/aromatic N) is 1. The van der Waals surface area contributed by atoms with E-state index in [4.69, 9.17) is 16.9 Å². The Morgan fingerprint density at radius 1 is 1.80 bits per heavy atom. The number of dihydropyridines is 1. The fraction of sp³-hybridized carbons (Fsp3) is 0.286. The van der Waals surface area contributed by atoms with Gasteiger partial charge in [0.05, 0.1) is 5.57 Å². The maximum Gasteiger partial charge on any atom is 0.101 e. The summed E-state index contributed by atoms with van der Waals surface area (Å²) in [7, 11) is 0. The number of allylic oxidation sites excluding steroid dienone is 2. The third-order valence-electron chi connectivity index (χ3n) is 1.25. The molecule has 52 valence electrons. The normalized spacial score (nSPS) is 16.4. The Labute approximate surface area is 64.8 Å². The van der Waals surface area contributed by atoms with Gasteiger partial charge in [-0.2, -0.15) is 5.26 Å². The molecule has 0 aromatic heterocycles. The second kappa shape index (κ2) is 3.28. The molecule has 0 aromatic rings. The number of nitriles is 1. The van der Waals surface area contributed by atoms with Crippen molar-refractivity contribution in [3.8, 4) is 6.07 Å². The summed E-state index contributed by atoms with van der Waals surface area (Å²) in [5, 5.41) is 11.4. The summed E-state index contributed by atoms with van der Waals surface area (Å²) >= 11 is 5.56. The molecule has 0 unspecified atom stereocenters. The van der Waals surface area contributed by atoms with Crippen LogP contribution in [0.4, 0.5) is 0 Å². The van der Waals surface area contributed by atoms with Crippen molar-refractivity contribution in [2.24, 2.45) is 0 Å². The molecule has 0 saturated carbocycles. The van der Waals surface area contributed by atoms with Crippen molar-refractivity contribution in [2.75, 3.05) is 12.4 Å². The molecule has 0 atom stereocenters. The zero-order chi connectivity index (χ0) is 7.40. The first-order valence-corrected chi connectivity index (χ1v) is 3.49. The van der Waals surface area contributed by atoms with Crippen molar-refractivity contribution in [1.29, 1.82) is 5.26 Å². The highest BCUT2D eigenvalue weighted by Crippen LogP contribution is 2.06. The smallest absolute Gasteiger partial charge is 0.101 e. The van der Waals surface area contributed by atoms with E-state index < -0.39 is 0 Å². The van der Waals surface area contributed by atoms with Crippen molar-refractivity contribution in [3.63, 3.8) is 0 Å². The molecule has 0 amide bonds. The van der Waals surface area contributed by atoms with Crippen molar-refractivity contribution < 1.29 is 0 Å². The van der Waals surface area contributed by atoms with Crippen molar-refractivity contribution in [2.45, 2.75) is 0 Å². The molecule has 0 bridgehead atoms. The predicted molar refractivity (Wildman–Crippen MR) is 40.5 cm³/mol. The van der Waals surface area contributed by atoms with Crippen LogP contribution in [-0.4, -0.2) is 12.4 Å². The summed E-state index contributed by atoms with van der Waals surface area (Å²) < 4.78 is 0. The third-order valence-corrected chi connectivity index (χ3v) is 1.59. The quantitative estimate of drug-likeness (QED) is 0.576. The molecule has 1 heterocycles. The largest absolute Gasteiger partial charge is 0.386 e. The monoisotopic (exact) mass is 154 g/mol. The summed E-state index contributed by atoms with van der Waals surface area (Å²) in [6.45, 7) is 0.759. The van der Waals surface area contributed by atoms with Gasteiger partial charge in [-0.15, -0.1) is 11.6 Å². The van der Waals surface area contributed by atoms with Gasteiger partial charge >= 0.3 is 0 Å². The first-order valence-electron chi connectivity index (χ1n) is 2.96. The lowest BCUT2D eigenvalue weighted by Gasteiger charge is -2.08. The van der Waals surface area contributed by atoms with Gasteiger partial charge < -0.3 is 5.32 Å². The zero-order valence-corrected chi connectivity index (χ0v) is 6.15. The SMILES string of the molecule is N#CC1=CNCC(CCl)=C1. The predicted octanol–water partition coefficient (Wildman–Crippen LogP) is 1.16. The van der Waals surface area contributed by atoms with E-state index in [9.17, 15) is 0 Å². The molecule has 1 aliphatic heterocycles. The van der Waals surface area contributed by atoms with E-state index in [1.54, 1.807) is 6.20 Å². The van der Waals surface area contributed by atoms with Crippen molar-refractivity contribution >= 4 is 11.6 Å². The van der Waals surface area contributed by atoms with Gasteiger partial charge in [-0.05, 0) is 11.6 Å². The van der Waals surface area contributed by atoms with Crippen LogP contribution >= 0.6 is 11.6 Å². The molecule has 1 aliphatic rings. The summed E-state index contributed by atoms with van der Waals surface area (Å²) in [4.78, 5) is 0. The van der Waals surface area contributed by atoms with Gasteiger partial charge in [-0.25, -0.2) is 0 Å². The first-order chi connectivity index (χ1) is 4.86. The second-order valence-electron chi connectivity index (χ2n) is 2.03. The Balaban J connectivity index is 2.73. The van der Waals surface area contributed by atoms with Crippen LogP contribution in [0, 0.1) is 11.3 Å². The van der Waals surface area contributed by atoms with E-state index in [-0.39, 0.29) is 0 Å². The number of rotatable bonds is 1. The van der Waals surface area contributed by atoms with E-state index in [1.807, 2.05) is 12.1 Å². The zero-order valence-electron chi connectivity index (χ0n) is 5.39. The van der Waals surface area contributed by atoms with Crippen LogP contribution in [-0.2, 0) is 0 Å². The Bertz CT molecular complexity index is 222. The average Bonchev–Trinajstić information content (AvgIpc) is 2.05. The topological polar surface area (TPSA) is 35.8 Å². The highest BCUT2D eigenvalue weighted by Gasteiger charge is 2.01. The van der Waals surface area contributed by atoms with Crippen LogP contribution in [0.2, 0.25) is 0 Å². The number of alkyl halides is 1. The molecule has 1 N–H and O–H groups in total. The van der Waals surface area contributed by atoms with Gasteiger partial charge in [0.25, 0.3) is 0 Å². The van der Waals surface area contributed by atoms with Gasteiger partial charge in [-0.1, -0.05) is 0 Å². The number of hydrogen-bond donors (Lipinski definition) is 1. The first kappa shape index (κ1) is 7.17. The van der Waals surface area contributed by atoms with Crippen LogP contribution in [0.25, 0.3) is 0 Å². The number of nitrogens with one attached hydrogen (secondary N) is 1. The number of halogens is 1. The third kappa shape index (κ3) is 1.52. The standard InChI is InChI=1S/C7H7ClN2/c8-2-6-1-7(3-9)5-10-4-6/h1,5,10H,2,4H2. The molecule has 0 aliphatic carbocycles.